The second-order valence-electron chi connectivity index (χ2n) is 6.66. The first-order valence-electron chi connectivity index (χ1n) is 9.28. The quantitative estimate of drug-likeness (QED) is 0.683. The highest BCUT2D eigenvalue weighted by Gasteiger charge is 2.25. The third-order valence-corrected chi connectivity index (χ3v) is 6.00. The summed E-state index contributed by atoms with van der Waals surface area (Å²) >= 11 is 0. The van der Waals surface area contributed by atoms with Gasteiger partial charge in [-0.25, -0.2) is 8.42 Å². The van der Waals surface area contributed by atoms with E-state index in [1.165, 1.54) is 20.3 Å². The molecule has 3 rings (SSSR count). The second-order valence-corrected chi connectivity index (χ2v) is 8.31. The summed E-state index contributed by atoms with van der Waals surface area (Å²) in [5, 5.41) is 2.66. The normalized spacial score (nSPS) is 13.9. The smallest absolute Gasteiger partial charge is 0.264 e. The fraction of sp³-hybridized carbons (Fsp3) is 0.350. The van der Waals surface area contributed by atoms with Crippen LogP contribution < -0.4 is 19.7 Å². The molecule has 156 valence electrons. The Morgan fingerprint density at radius 1 is 1.10 bits per heavy atom. The van der Waals surface area contributed by atoms with Gasteiger partial charge in [0.2, 0.25) is 5.91 Å². The lowest BCUT2D eigenvalue weighted by atomic mass is 10.2. The fourth-order valence-corrected chi connectivity index (χ4v) is 4.61. The molecule has 1 aliphatic heterocycles. The first kappa shape index (κ1) is 20.9. The van der Waals surface area contributed by atoms with Gasteiger partial charge in [0.15, 0.2) is 0 Å². The molecule has 8 nitrogen and oxygen atoms in total. The Morgan fingerprint density at radius 3 is 2.52 bits per heavy atom. The molecule has 0 aromatic heterocycles. The van der Waals surface area contributed by atoms with Crippen LogP contribution in [-0.2, 0) is 19.6 Å². The standard InChI is InChI=1S/C20H25N3O5S/c1-27-14-20(24)21-15-9-10-17(23-11-5-6-12-23)19(13-15)29(25,26)22-16-7-3-4-8-18(16)28-2/h3-4,7-10,13,22H,5-6,11-12,14H2,1-2H3,(H,21,24). The number of hydrogen-bond donors (Lipinski definition) is 2. The average molecular weight is 420 g/mol. The molecular formula is C20H25N3O5S. The molecule has 1 aliphatic rings. The molecule has 2 N–H and O–H groups in total. The Balaban J connectivity index is 1.99. The van der Waals surface area contributed by atoms with Gasteiger partial charge in [-0.3, -0.25) is 9.52 Å². The van der Waals surface area contributed by atoms with Crippen molar-refractivity contribution in [3.8, 4) is 5.75 Å². The number of rotatable bonds is 8. The van der Waals surface area contributed by atoms with E-state index in [0.717, 1.165) is 25.9 Å². The van der Waals surface area contributed by atoms with E-state index < -0.39 is 10.0 Å². The van der Waals surface area contributed by atoms with Gasteiger partial charge in [-0.15, -0.1) is 0 Å². The summed E-state index contributed by atoms with van der Waals surface area (Å²) in [5.74, 6) is 0.0609. The van der Waals surface area contributed by atoms with Crippen molar-refractivity contribution in [3.63, 3.8) is 0 Å². The zero-order chi connectivity index (χ0) is 20.9. The van der Waals surface area contributed by atoms with Gasteiger partial charge in [-0.2, -0.15) is 0 Å². The highest BCUT2D eigenvalue weighted by Crippen LogP contribution is 2.33. The van der Waals surface area contributed by atoms with Crippen molar-refractivity contribution in [3.05, 3.63) is 42.5 Å². The highest BCUT2D eigenvalue weighted by atomic mass is 32.2. The number of hydrogen-bond acceptors (Lipinski definition) is 6. The average Bonchev–Trinajstić information content (AvgIpc) is 3.23. The summed E-state index contributed by atoms with van der Waals surface area (Å²) in [5.41, 5.74) is 1.33. The van der Waals surface area contributed by atoms with E-state index in [-0.39, 0.29) is 17.4 Å². The molecule has 0 bridgehead atoms. The predicted molar refractivity (Wildman–Crippen MR) is 112 cm³/mol. The van der Waals surface area contributed by atoms with Crippen LogP contribution in [0, 0.1) is 0 Å². The molecule has 9 heteroatoms. The Bertz CT molecular complexity index is 972. The first-order chi connectivity index (χ1) is 13.9. The number of nitrogens with zero attached hydrogens (tertiary/aromatic N) is 1. The van der Waals surface area contributed by atoms with Crippen LogP contribution in [0.15, 0.2) is 47.4 Å². The molecule has 1 amide bonds. The van der Waals surface area contributed by atoms with Crippen LogP contribution in [0.25, 0.3) is 0 Å². The van der Waals surface area contributed by atoms with E-state index in [0.29, 0.717) is 22.8 Å². The number of carbonyl (C=O) groups excluding carboxylic acids is 1. The van der Waals surface area contributed by atoms with Gasteiger partial charge in [-0.1, -0.05) is 12.1 Å². The minimum absolute atomic E-state index is 0.0977. The number of para-hydroxylation sites is 2. The van der Waals surface area contributed by atoms with Gasteiger partial charge < -0.3 is 19.7 Å². The van der Waals surface area contributed by atoms with Crippen molar-refractivity contribution < 1.29 is 22.7 Å². The van der Waals surface area contributed by atoms with E-state index in [2.05, 4.69) is 10.0 Å². The number of benzene rings is 2. The van der Waals surface area contributed by atoms with Crippen molar-refractivity contribution in [2.75, 3.05) is 48.9 Å². The number of nitrogens with one attached hydrogen (secondary N) is 2. The first-order valence-corrected chi connectivity index (χ1v) is 10.8. The maximum atomic E-state index is 13.3. The van der Waals surface area contributed by atoms with Crippen molar-refractivity contribution in [2.24, 2.45) is 0 Å². The second kappa shape index (κ2) is 9.15. The summed E-state index contributed by atoms with van der Waals surface area (Å²) in [6, 6.07) is 11.7. The van der Waals surface area contributed by atoms with Gasteiger partial charge >= 0.3 is 0 Å². The lowest BCUT2D eigenvalue weighted by Crippen LogP contribution is -2.24. The molecule has 0 spiro atoms. The van der Waals surface area contributed by atoms with Crippen LogP contribution in [0.2, 0.25) is 0 Å². The minimum atomic E-state index is -3.94. The summed E-state index contributed by atoms with van der Waals surface area (Å²) in [6.07, 6.45) is 2.01. The molecule has 1 saturated heterocycles. The fourth-order valence-electron chi connectivity index (χ4n) is 3.28. The molecule has 0 aliphatic carbocycles. The molecule has 0 saturated carbocycles. The van der Waals surface area contributed by atoms with Crippen LogP contribution in [-0.4, -0.2) is 48.2 Å². The van der Waals surface area contributed by atoms with Crippen molar-refractivity contribution in [1.29, 1.82) is 0 Å². The lowest BCUT2D eigenvalue weighted by molar-refractivity contribution is -0.119. The van der Waals surface area contributed by atoms with Gasteiger partial charge in [0, 0.05) is 25.9 Å². The van der Waals surface area contributed by atoms with Gasteiger partial charge in [0.1, 0.15) is 17.3 Å². The summed E-state index contributed by atoms with van der Waals surface area (Å²) in [4.78, 5) is 14.0. The molecule has 2 aromatic carbocycles. The van der Waals surface area contributed by atoms with Gasteiger partial charge in [-0.05, 0) is 43.2 Å². The van der Waals surface area contributed by atoms with Gasteiger partial charge in [0.25, 0.3) is 10.0 Å². The van der Waals surface area contributed by atoms with E-state index in [1.54, 1.807) is 36.4 Å². The lowest BCUT2D eigenvalue weighted by Gasteiger charge is -2.23. The molecule has 1 heterocycles. The number of anilines is 3. The van der Waals surface area contributed by atoms with E-state index in [4.69, 9.17) is 9.47 Å². The van der Waals surface area contributed by atoms with Crippen LogP contribution >= 0.6 is 0 Å². The topological polar surface area (TPSA) is 97.0 Å². The molecular weight excluding hydrogens is 394 g/mol. The van der Waals surface area contributed by atoms with Crippen LogP contribution in [0.3, 0.4) is 0 Å². The van der Waals surface area contributed by atoms with Crippen molar-refractivity contribution in [1.82, 2.24) is 0 Å². The number of sulfonamides is 1. The molecule has 0 unspecified atom stereocenters. The van der Waals surface area contributed by atoms with Gasteiger partial charge in [0.05, 0.1) is 18.5 Å². The Morgan fingerprint density at radius 2 is 1.83 bits per heavy atom. The summed E-state index contributed by atoms with van der Waals surface area (Å²) in [7, 11) is -1.04. The molecule has 1 fully saturated rings. The maximum absolute atomic E-state index is 13.3. The number of ether oxygens (including phenoxy) is 2. The Kier molecular flexibility index (Phi) is 6.60. The Hall–Kier alpha value is -2.78. The van der Waals surface area contributed by atoms with Crippen LogP contribution in [0.4, 0.5) is 17.1 Å². The molecule has 0 radical (unpaired) electrons. The monoisotopic (exact) mass is 419 g/mol. The SMILES string of the molecule is COCC(=O)Nc1ccc(N2CCCC2)c(S(=O)(=O)Nc2ccccc2OC)c1. The molecule has 0 atom stereocenters. The maximum Gasteiger partial charge on any atom is 0.264 e. The Labute approximate surface area is 170 Å². The summed E-state index contributed by atoms with van der Waals surface area (Å²) in [6.45, 7) is 1.45. The zero-order valence-corrected chi connectivity index (χ0v) is 17.3. The predicted octanol–water partition coefficient (Wildman–Crippen LogP) is 2.68. The number of methoxy groups -OCH3 is 2. The van der Waals surface area contributed by atoms with Crippen LogP contribution in [0.1, 0.15) is 12.8 Å². The minimum Gasteiger partial charge on any atom is -0.495 e. The van der Waals surface area contributed by atoms with Crippen LogP contribution in [0.5, 0.6) is 5.75 Å². The molecule has 2 aromatic rings. The zero-order valence-electron chi connectivity index (χ0n) is 16.5. The van der Waals surface area contributed by atoms with Crippen molar-refractivity contribution in [2.45, 2.75) is 17.7 Å². The number of amides is 1. The summed E-state index contributed by atoms with van der Waals surface area (Å²) < 4.78 is 39.2. The van der Waals surface area contributed by atoms with E-state index in [9.17, 15) is 13.2 Å². The third kappa shape index (κ3) is 4.99. The molecule has 29 heavy (non-hydrogen) atoms. The number of carbonyl (C=O) groups is 1. The van der Waals surface area contributed by atoms with E-state index >= 15 is 0 Å². The largest absolute Gasteiger partial charge is 0.495 e. The third-order valence-electron chi connectivity index (χ3n) is 4.61. The highest BCUT2D eigenvalue weighted by molar-refractivity contribution is 7.93. The van der Waals surface area contributed by atoms with E-state index in [1.807, 2.05) is 4.90 Å². The van der Waals surface area contributed by atoms with Crippen molar-refractivity contribution >= 4 is 33.0 Å².